The minimum Gasteiger partial charge on any atom is -0.446 e. The van der Waals surface area contributed by atoms with Crippen LogP contribution in [-0.2, 0) is 21.2 Å². The van der Waals surface area contributed by atoms with Crippen molar-refractivity contribution in [1.82, 2.24) is 9.80 Å². The van der Waals surface area contributed by atoms with Crippen molar-refractivity contribution in [2.45, 2.75) is 88.8 Å². The first-order valence-corrected chi connectivity index (χ1v) is 11.7. The number of likely N-dealkylation sites (tertiary alicyclic amines) is 1. The normalized spacial score (nSPS) is 21.9. The lowest BCUT2D eigenvalue weighted by atomic mass is 9.99. The lowest BCUT2D eigenvalue weighted by Gasteiger charge is -2.36. The maximum atomic E-state index is 13.9. The Hall–Kier alpha value is -2.52. The molecule has 2 amide bonds. The standard InChI is InChI=1S/C24H30F4N2O4/c1-22(2,3)34-20(31)29-12-4-5-16(29)14-30(21(32)33-17-7-8-17)23(10-11-23)15-6-9-19(25)18(13-15)24(26,27)28/h6,9,13,16-17H,4-5,7-8,10-12,14H2,1-3H3/t16-/m0/s1. The van der Waals surface area contributed by atoms with Crippen LogP contribution in [-0.4, -0.2) is 52.8 Å². The van der Waals surface area contributed by atoms with Gasteiger partial charge in [-0.25, -0.2) is 14.0 Å². The summed E-state index contributed by atoms with van der Waals surface area (Å²) in [5.41, 5.74) is -2.85. The summed E-state index contributed by atoms with van der Waals surface area (Å²) in [5.74, 6) is -1.36. The smallest absolute Gasteiger partial charge is 0.419 e. The van der Waals surface area contributed by atoms with Gasteiger partial charge in [0.1, 0.15) is 17.5 Å². The third kappa shape index (κ3) is 5.25. The minimum absolute atomic E-state index is 0.101. The fourth-order valence-electron chi connectivity index (χ4n) is 4.48. The van der Waals surface area contributed by atoms with Gasteiger partial charge in [0.25, 0.3) is 0 Å². The summed E-state index contributed by atoms with van der Waals surface area (Å²) in [6.45, 7) is 5.86. The number of carbonyl (C=O) groups excluding carboxylic acids is 2. The molecular formula is C24H30F4N2O4. The Kier molecular flexibility index (Phi) is 6.23. The molecular weight excluding hydrogens is 456 g/mol. The fraction of sp³-hybridized carbons (Fsp3) is 0.667. The lowest BCUT2D eigenvalue weighted by Crippen LogP contribution is -2.50. The molecule has 0 bridgehead atoms. The van der Waals surface area contributed by atoms with Crippen LogP contribution in [0.3, 0.4) is 0 Å². The predicted octanol–water partition coefficient (Wildman–Crippen LogP) is 5.83. The van der Waals surface area contributed by atoms with Crippen molar-refractivity contribution >= 4 is 12.2 Å². The van der Waals surface area contributed by atoms with E-state index in [0.29, 0.717) is 25.8 Å². The van der Waals surface area contributed by atoms with Gasteiger partial charge in [0.2, 0.25) is 0 Å². The summed E-state index contributed by atoms with van der Waals surface area (Å²) in [7, 11) is 0. The van der Waals surface area contributed by atoms with Crippen LogP contribution in [0.2, 0.25) is 0 Å². The Bertz CT molecular complexity index is 951. The number of nitrogens with zero attached hydrogens (tertiary/aromatic N) is 2. The summed E-state index contributed by atoms with van der Waals surface area (Å²) in [6.07, 6.45) is -2.47. The first-order chi connectivity index (χ1) is 15.8. The second kappa shape index (κ2) is 8.61. The molecule has 1 heterocycles. The van der Waals surface area contributed by atoms with Crippen LogP contribution in [0.25, 0.3) is 0 Å². The molecule has 0 N–H and O–H groups in total. The molecule has 2 aliphatic carbocycles. The molecule has 6 nitrogen and oxygen atoms in total. The molecule has 4 rings (SSSR count). The van der Waals surface area contributed by atoms with Crippen LogP contribution in [0.4, 0.5) is 27.2 Å². The van der Waals surface area contributed by atoms with Crippen molar-refractivity contribution in [3.05, 3.63) is 35.1 Å². The molecule has 1 aromatic carbocycles. The van der Waals surface area contributed by atoms with E-state index in [9.17, 15) is 27.2 Å². The topological polar surface area (TPSA) is 59.1 Å². The zero-order valence-corrected chi connectivity index (χ0v) is 19.6. The summed E-state index contributed by atoms with van der Waals surface area (Å²) in [6, 6.07) is 2.53. The first kappa shape index (κ1) is 24.6. The predicted molar refractivity (Wildman–Crippen MR) is 114 cm³/mol. The highest BCUT2D eigenvalue weighted by Crippen LogP contribution is 2.53. The number of benzene rings is 1. The number of ether oxygens (including phenoxy) is 2. The molecule has 3 fully saturated rings. The molecule has 1 atom stereocenters. The highest BCUT2D eigenvalue weighted by molar-refractivity contribution is 5.72. The number of rotatable bonds is 5. The van der Waals surface area contributed by atoms with Gasteiger partial charge in [0.15, 0.2) is 0 Å². The zero-order valence-electron chi connectivity index (χ0n) is 19.6. The molecule has 1 aromatic rings. The highest BCUT2D eigenvalue weighted by Gasteiger charge is 2.54. The Morgan fingerprint density at radius 1 is 1.15 bits per heavy atom. The molecule has 0 aromatic heterocycles. The fourth-order valence-corrected chi connectivity index (χ4v) is 4.48. The molecule has 34 heavy (non-hydrogen) atoms. The van der Waals surface area contributed by atoms with Crippen molar-refractivity contribution in [1.29, 1.82) is 0 Å². The number of amides is 2. The molecule has 0 spiro atoms. The molecule has 0 unspecified atom stereocenters. The van der Waals surface area contributed by atoms with Crippen LogP contribution in [0, 0.1) is 5.82 Å². The zero-order chi connectivity index (χ0) is 24.9. The van der Waals surface area contributed by atoms with Crippen LogP contribution >= 0.6 is 0 Å². The second-order valence-electron chi connectivity index (χ2n) is 10.4. The summed E-state index contributed by atoms with van der Waals surface area (Å²) >= 11 is 0. The second-order valence-corrected chi connectivity index (χ2v) is 10.4. The van der Waals surface area contributed by atoms with Gasteiger partial charge in [0.05, 0.1) is 17.1 Å². The quantitative estimate of drug-likeness (QED) is 0.491. The Morgan fingerprint density at radius 2 is 1.82 bits per heavy atom. The van der Waals surface area contributed by atoms with Crippen molar-refractivity contribution in [3.63, 3.8) is 0 Å². The van der Waals surface area contributed by atoms with E-state index in [1.165, 1.54) is 11.0 Å². The van der Waals surface area contributed by atoms with Gasteiger partial charge in [-0.2, -0.15) is 13.2 Å². The van der Waals surface area contributed by atoms with E-state index in [-0.39, 0.29) is 24.3 Å². The number of alkyl halides is 3. The van der Waals surface area contributed by atoms with Gasteiger partial charge >= 0.3 is 18.4 Å². The van der Waals surface area contributed by atoms with E-state index in [1.54, 1.807) is 25.7 Å². The van der Waals surface area contributed by atoms with Gasteiger partial charge in [0, 0.05) is 13.1 Å². The van der Waals surface area contributed by atoms with E-state index in [0.717, 1.165) is 31.4 Å². The third-order valence-corrected chi connectivity index (χ3v) is 6.46. The molecule has 188 valence electrons. The largest absolute Gasteiger partial charge is 0.446 e. The molecule has 3 aliphatic rings. The Balaban J connectivity index is 1.62. The van der Waals surface area contributed by atoms with E-state index in [1.807, 2.05) is 0 Å². The van der Waals surface area contributed by atoms with Crippen molar-refractivity contribution < 1.29 is 36.6 Å². The highest BCUT2D eigenvalue weighted by atomic mass is 19.4. The van der Waals surface area contributed by atoms with Gasteiger partial charge < -0.3 is 14.4 Å². The van der Waals surface area contributed by atoms with Crippen molar-refractivity contribution in [3.8, 4) is 0 Å². The molecule has 1 saturated heterocycles. The molecule has 10 heteroatoms. The molecule has 2 saturated carbocycles. The minimum atomic E-state index is -4.85. The number of halogens is 4. The SMILES string of the molecule is CC(C)(C)OC(=O)N1CCC[C@H]1CN(C(=O)OC1CC1)C1(c2ccc(F)c(C(F)(F)F)c2)CC1. The number of hydrogen-bond acceptors (Lipinski definition) is 4. The first-order valence-electron chi connectivity index (χ1n) is 11.7. The van der Waals surface area contributed by atoms with Gasteiger partial charge in [-0.15, -0.1) is 0 Å². The number of hydrogen-bond donors (Lipinski definition) is 0. The van der Waals surface area contributed by atoms with Crippen LogP contribution in [0.15, 0.2) is 18.2 Å². The third-order valence-electron chi connectivity index (χ3n) is 6.46. The van der Waals surface area contributed by atoms with Crippen LogP contribution < -0.4 is 0 Å². The van der Waals surface area contributed by atoms with Crippen LogP contribution in [0.5, 0.6) is 0 Å². The summed E-state index contributed by atoms with van der Waals surface area (Å²) < 4.78 is 65.1. The van der Waals surface area contributed by atoms with Crippen molar-refractivity contribution in [2.24, 2.45) is 0 Å². The maximum Gasteiger partial charge on any atom is 0.419 e. The average Bonchev–Trinajstić information content (AvgIpc) is 3.63. The van der Waals surface area contributed by atoms with Gasteiger partial charge in [-0.1, -0.05) is 6.07 Å². The van der Waals surface area contributed by atoms with E-state index < -0.39 is 40.9 Å². The van der Waals surface area contributed by atoms with Gasteiger partial charge in [-0.05, 0) is 77.0 Å². The monoisotopic (exact) mass is 486 g/mol. The number of carbonyl (C=O) groups is 2. The van der Waals surface area contributed by atoms with E-state index in [2.05, 4.69) is 0 Å². The molecule has 1 aliphatic heterocycles. The summed E-state index contributed by atoms with van der Waals surface area (Å²) in [4.78, 5) is 28.9. The van der Waals surface area contributed by atoms with Gasteiger partial charge in [-0.3, -0.25) is 4.90 Å². The summed E-state index contributed by atoms with van der Waals surface area (Å²) in [5, 5.41) is 0. The lowest BCUT2D eigenvalue weighted by molar-refractivity contribution is -0.140. The van der Waals surface area contributed by atoms with Crippen LogP contribution in [0.1, 0.15) is 70.4 Å². The Morgan fingerprint density at radius 3 is 2.38 bits per heavy atom. The van der Waals surface area contributed by atoms with E-state index in [4.69, 9.17) is 9.47 Å². The molecule has 0 radical (unpaired) electrons. The average molecular weight is 487 g/mol. The maximum absolute atomic E-state index is 13.9. The van der Waals surface area contributed by atoms with Crippen molar-refractivity contribution in [2.75, 3.05) is 13.1 Å². The Labute approximate surface area is 196 Å². The van der Waals surface area contributed by atoms with E-state index >= 15 is 0 Å².